The Morgan fingerprint density at radius 3 is 2.77 bits per heavy atom. The van der Waals surface area contributed by atoms with Crippen molar-refractivity contribution < 1.29 is 0 Å². The molecule has 0 unspecified atom stereocenters. The molecule has 4 nitrogen and oxygen atoms in total. The third-order valence-electron chi connectivity index (χ3n) is 3.92. The average Bonchev–Trinajstić information content (AvgIpc) is 2.63. The van der Waals surface area contributed by atoms with Gasteiger partial charge in [-0.1, -0.05) is 55.4 Å². The number of nitrogens with zero attached hydrogens (tertiary/aromatic N) is 3. The van der Waals surface area contributed by atoms with Gasteiger partial charge in [0.2, 0.25) is 0 Å². The van der Waals surface area contributed by atoms with Gasteiger partial charge in [0.25, 0.3) is 5.56 Å². The van der Waals surface area contributed by atoms with Gasteiger partial charge in [-0.3, -0.25) is 9.36 Å². The van der Waals surface area contributed by atoms with E-state index >= 15 is 0 Å². The molecule has 0 saturated carbocycles. The van der Waals surface area contributed by atoms with Crippen LogP contribution in [0.5, 0.6) is 0 Å². The largest absolute Gasteiger partial charge is 0.287 e. The molecule has 0 atom stereocenters. The summed E-state index contributed by atoms with van der Waals surface area (Å²) in [5.41, 5.74) is 2.13. The minimum Gasteiger partial charge on any atom is -0.287 e. The molecule has 1 heterocycles. The molecule has 1 aromatic heterocycles. The molecule has 0 N–H and O–H groups in total. The third kappa shape index (κ3) is 3.92. The highest BCUT2D eigenvalue weighted by Gasteiger charge is 2.14. The van der Waals surface area contributed by atoms with E-state index in [0.29, 0.717) is 44.9 Å². The molecule has 26 heavy (non-hydrogen) atoms. The van der Waals surface area contributed by atoms with E-state index in [1.54, 1.807) is 28.8 Å². The van der Waals surface area contributed by atoms with Crippen LogP contribution >= 0.6 is 23.4 Å². The normalized spacial score (nSPS) is 11.0. The molecule has 3 rings (SSSR count). The highest BCUT2D eigenvalue weighted by molar-refractivity contribution is 7.98. The molecule has 6 heteroatoms. The van der Waals surface area contributed by atoms with E-state index < -0.39 is 0 Å². The fourth-order valence-electron chi connectivity index (χ4n) is 2.71. The lowest BCUT2D eigenvalue weighted by Gasteiger charge is -2.15. The molecule has 0 aliphatic carbocycles. The maximum absolute atomic E-state index is 13.0. The highest BCUT2D eigenvalue weighted by Crippen LogP contribution is 2.25. The zero-order valence-corrected chi connectivity index (χ0v) is 16.1. The van der Waals surface area contributed by atoms with Crippen molar-refractivity contribution in [2.75, 3.05) is 0 Å². The summed E-state index contributed by atoms with van der Waals surface area (Å²) in [6.45, 7) is 4.71. The minimum absolute atomic E-state index is 0.0812. The summed E-state index contributed by atoms with van der Waals surface area (Å²) in [6.07, 6.45) is 0. The summed E-state index contributed by atoms with van der Waals surface area (Å²) in [7, 11) is 0. The van der Waals surface area contributed by atoms with Crippen LogP contribution in [-0.2, 0) is 12.3 Å². The van der Waals surface area contributed by atoms with Crippen molar-refractivity contribution in [1.29, 1.82) is 5.26 Å². The van der Waals surface area contributed by atoms with Crippen molar-refractivity contribution >= 4 is 34.3 Å². The van der Waals surface area contributed by atoms with Crippen molar-refractivity contribution in [3.63, 3.8) is 0 Å². The summed E-state index contributed by atoms with van der Waals surface area (Å²) in [4.78, 5) is 17.7. The zero-order chi connectivity index (χ0) is 18.7. The second-order valence-electron chi connectivity index (χ2n) is 6.42. The predicted octanol–water partition coefficient (Wildman–Crippen LogP) is 4.87. The summed E-state index contributed by atoms with van der Waals surface area (Å²) < 4.78 is 1.71. The monoisotopic (exact) mass is 383 g/mol. The van der Waals surface area contributed by atoms with Crippen LogP contribution in [0.2, 0.25) is 5.02 Å². The number of nitriles is 1. The first-order valence-electron chi connectivity index (χ1n) is 8.30. The van der Waals surface area contributed by atoms with E-state index in [-0.39, 0.29) is 5.56 Å². The van der Waals surface area contributed by atoms with Crippen molar-refractivity contribution in [3.8, 4) is 6.07 Å². The molecular weight excluding hydrogens is 366 g/mol. The second-order valence-corrected chi connectivity index (χ2v) is 7.80. The van der Waals surface area contributed by atoms with Gasteiger partial charge in [-0.25, -0.2) is 4.98 Å². The molecule has 0 spiro atoms. The van der Waals surface area contributed by atoms with Gasteiger partial charge in [-0.05, 0) is 35.7 Å². The number of rotatable bonds is 5. The number of hydrogen-bond donors (Lipinski definition) is 0. The number of aromatic nitrogens is 2. The SMILES string of the molecule is CC(C)Cn1c(SCc2ccccc2C#N)nc2ccc(Cl)cc2c1=O. The number of benzene rings is 2. The van der Waals surface area contributed by atoms with Crippen LogP contribution in [0.4, 0.5) is 0 Å². The van der Waals surface area contributed by atoms with Crippen molar-refractivity contribution in [1.82, 2.24) is 9.55 Å². The topological polar surface area (TPSA) is 58.7 Å². The first kappa shape index (κ1) is 18.5. The van der Waals surface area contributed by atoms with Crippen LogP contribution in [0.3, 0.4) is 0 Å². The molecular formula is C20H18ClN3OS. The highest BCUT2D eigenvalue weighted by atomic mass is 35.5. The fraction of sp³-hybridized carbons (Fsp3) is 0.250. The van der Waals surface area contributed by atoms with E-state index in [0.717, 1.165) is 5.56 Å². The van der Waals surface area contributed by atoms with E-state index in [1.807, 2.05) is 18.2 Å². The van der Waals surface area contributed by atoms with Crippen LogP contribution in [0.1, 0.15) is 25.0 Å². The fourth-order valence-corrected chi connectivity index (χ4v) is 3.89. The van der Waals surface area contributed by atoms with Gasteiger partial charge in [-0.15, -0.1) is 0 Å². The van der Waals surface area contributed by atoms with Crippen molar-refractivity contribution in [2.45, 2.75) is 31.3 Å². The third-order valence-corrected chi connectivity index (χ3v) is 5.18. The van der Waals surface area contributed by atoms with E-state index in [4.69, 9.17) is 11.6 Å². The first-order chi connectivity index (χ1) is 12.5. The summed E-state index contributed by atoms with van der Waals surface area (Å²) in [5, 5.41) is 11.0. The number of halogens is 1. The molecule has 0 aliphatic rings. The van der Waals surface area contributed by atoms with Crippen LogP contribution in [0, 0.1) is 17.2 Å². The number of thioether (sulfide) groups is 1. The van der Waals surface area contributed by atoms with Crippen molar-refractivity contribution in [2.24, 2.45) is 5.92 Å². The Labute approximate surface area is 161 Å². The van der Waals surface area contributed by atoms with Crippen LogP contribution in [-0.4, -0.2) is 9.55 Å². The molecule has 3 aromatic rings. The van der Waals surface area contributed by atoms with E-state index in [1.165, 1.54) is 11.8 Å². The number of hydrogen-bond acceptors (Lipinski definition) is 4. The minimum atomic E-state index is -0.0812. The van der Waals surface area contributed by atoms with Gasteiger partial charge in [0, 0.05) is 17.3 Å². The van der Waals surface area contributed by atoms with E-state index in [9.17, 15) is 10.1 Å². The maximum Gasteiger partial charge on any atom is 0.262 e. The van der Waals surface area contributed by atoms with Crippen molar-refractivity contribution in [3.05, 3.63) is 69.0 Å². The van der Waals surface area contributed by atoms with Gasteiger partial charge >= 0.3 is 0 Å². The molecule has 0 aliphatic heterocycles. The van der Waals surface area contributed by atoms with E-state index in [2.05, 4.69) is 24.9 Å². The Kier molecular flexibility index (Phi) is 5.65. The molecule has 0 amide bonds. The lowest BCUT2D eigenvalue weighted by molar-refractivity contribution is 0.475. The van der Waals surface area contributed by atoms with Crippen LogP contribution < -0.4 is 5.56 Å². The molecule has 0 radical (unpaired) electrons. The Morgan fingerprint density at radius 2 is 2.04 bits per heavy atom. The second kappa shape index (κ2) is 7.94. The summed E-state index contributed by atoms with van der Waals surface area (Å²) in [5.74, 6) is 0.879. The molecule has 2 aromatic carbocycles. The Hall–Kier alpha value is -2.29. The first-order valence-corrected chi connectivity index (χ1v) is 9.67. The van der Waals surface area contributed by atoms with Crippen LogP contribution in [0.25, 0.3) is 10.9 Å². The predicted molar refractivity (Wildman–Crippen MR) is 107 cm³/mol. The Morgan fingerprint density at radius 1 is 1.27 bits per heavy atom. The average molecular weight is 384 g/mol. The van der Waals surface area contributed by atoms with Gasteiger partial charge in [0.1, 0.15) is 0 Å². The molecule has 0 saturated heterocycles. The lowest BCUT2D eigenvalue weighted by atomic mass is 10.1. The van der Waals surface area contributed by atoms with Gasteiger partial charge in [0.05, 0.1) is 22.5 Å². The Balaban J connectivity index is 2.05. The molecule has 132 valence electrons. The lowest BCUT2D eigenvalue weighted by Crippen LogP contribution is -2.25. The van der Waals surface area contributed by atoms with Gasteiger partial charge in [-0.2, -0.15) is 5.26 Å². The molecule has 0 bridgehead atoms. The van der Waals surface area contributed by atoms with Gasteiger partial charge < -0.3 is 0 Å². The standard InChI is InChI=1S/C20H18ClN3OS/c1-13(2)11-24-19(25)17-9-16(21)7-8-18(17)23-20(24)26-12-15-6-4-3-5-14(15)10-22/h3-9,13H,11-12H2,1-2H3. The smallest absolute Gasteiger partial charge is 0.262 e. The van der Waals surface area contributed by atoms with Gasteiger partial charge in [0.15, 0.2) is 5.16 Å². The summed E-state index contributed by atoms with van der Waals surface area (Å²) in [6, 6.07) is 14.9. The summed E-state index contributed by atoms with van der Waals surface area (Å²) >= 11 is 7.52. The zero-order valence-electron chi connectivity index (χ0n) is 14.6. The molecule has 0 fully saturated rings. The maximum atomic E-state index is 13.0. The van der Waals surface area contributed by atoms with Crippen LogP contribution in [0.15, 0.2) is 52.4 Å². The number of fused-ring (bicyclic) bond motifs is 1. The Bertz CT molecular complexity index is 1050. The quantitative estimate of drug-likeness (QED) is 0.466.